The second-order valence-electron chi connectivity index (χ2n) is 6.11. The van der Waals surface area contributed by atoms with E-state index in [4.69, 9.17) is 5.11 Å². The summed E-state index contributed by atoms with van der Waals surface area (Å²) in [6, 6.07) is 8.10. The number of amides is 1. The molecule has 1 atom stereocenters. The lowest BCUT2D eigenvalue weighted by Gasteiger charge is -2.29. The number of carbonyl (C=O) groups excluding carboxylic acids is 1. The molecule has 4 heteroatoms. The van der Waals surface area contributed by atoms with Crippen molar-refractivity contribution in [1.82, 2.24) is 5.32 Å². The smallest absolute Gasteiger partial charge is 0.308 e. The van der Waals surface area contributed by atoms with Gasteiger partial charge in [-0.25, -0.2) is 0 Å². The van der Waals surface area contributed by atoms with Crippen molar-refractivity contribution in [1.29, 1.82) is 0 Å². The summed E-state index contributed by atoms with van der Waals surface area (Å²) in [5.74, 6) is -1.48. The van der Waals surface area contributed by atoms with Crippen molar-refractivity contribution in [2.75, 3.05) is 6.54 Å². The van der Waals surface area contributed by atoms with Crippen LogP contribution in [0.25, 0.3) is 0 Å². The molecule has 1 fully saturated rings. The number of hydrogen-bond donors (Lipinski definition) is 2. The van der Waals surface area contributed by atoms with Gasteiger partial charge in [-0.3, -0.25) is 9.59 Å². The predicted octanol–water partition coefficient (Wildman–Crippen LogP) is 2.64. The molecule has 2 N–H and O–H groups in total. The van der Waals surface area contributed by atoms with Crippen LogP contribution in [-0.2, 0) is 15.0 Å². The summed E-state index contributed by atoms with van der Waals surface area (Å²) in [7, 11) is 0. The van der Waals surface area contributed by atoms with Crippen molar-refractivity contribution >= 4 is 11.9 Å². The van der Waals surface area contributed by atoms with Crippen molar-refractivity contribution < 1.29 is 14.7 Å². The van der Waals surface area contributed by atoms with Crippen molar-refractivity contribution in [3.05, 3.63) is 35.4 Å². The second kappa shape index (κ2) is 6.29. The Balaban J connectivity index is 2.18. The summed E-state index contributed by atoms with van der Waals surface area (Å²) in [5.41, 5.74) is 1.72. The number of carbonyl (C=O) groups is 2. The van der Waals surface area contributed by atoms with Gasteiger partial charge in [0.15, 0.2) is 0 Å². The zero-order valence-electron chi connectivity index (χ0n) is 12.7. The average molecular weight is 289 g/mol. The van der Waals surface area contributed by atoms with Gasteiger partial charge < -0.3 is 10.4 Å². The molecule has 1 aromatic carbocycles. The summed E-state index contributed by atoms with van der Waals surface area (Å²) >= 11 is 0. The lowest BCUT2D eigenvalue weighted by molar-refractivity contribution is -0.141. The van der Waals surface area contributed by atoms with Crippen molar-refractivity contribution in [3.63, 3.8) is 0 Å². The molecule has 4 nitrogen and oxygen atoms in total. The van der Waals surface area contributed by atoms with E-state index in [1.807, 2.05) is 25.1 Å². The number of hydrogen-bond acceptors (Lipinski definition) is 2. The second-order valence-corrected chi connectivity index (χ2v) is 6.11. The van der Waals surface area contributed by atoms with E-state index in [0.29, 0.717) is 0 Å². The fraction of sp³-hybridized carbons (Fsp3) is 0.529. The van der Waals surface area contributed by atoms with Gasteiger partial charge in [-0.15, -0.1) is 0 Å². The van der Waals surface area contributed by atoms with E-state index in [1.54, 1.807) is 6.92 Å². The van der Waals surface area contributed by atoms with Gasteiger partial charge in [0, 0.05) is 6.54 Å². The standard InChI is InChI=1S/C17H23NO3/c1-12-6-5-7-14(10-12)17(8-3-4-9-17)16(21)18-11-13(2)15(19)20/h5-7,10,13H,3-4,8-9,11H2,1-2H3,(H,18,21)(H,19,20). The van der Waals surface area contributed by atoms with Crippen LogP contribution in [0.3, 0.4) is 0 Å². The summed E-state index contributed by atoms with van der Waals surface area (Å²) in [6.45, 7) is 3.81. The molecule has 1 aromatic rings. The largest absolute Gasteiger partial charge is 0.481 e. The average Bonchev–Trinajstić information content (AvgIpc) is 2.95. The van der Waals surface area contributed by atoms with E-state index in [9.17, 15) is 9.59 Å². The van der Waals surface area contributed by atoms with Crippen LogP contribution in [0.2, 0.25) is 0 Å². The molecule has 0 aliphatic heterocycles. The van der Waals surface area contributed by atoms with Crippen molar-refractivity contribution in [2.45, 2.75) is 44.9 Å². The SMILES string of the molecule is Cc1cccc(C2(C(=O)NCC(C)C(=O)O)CCCC2)c1. The molecule has 0 heterocycles. The van der Waals surface area contributed by atoms with E-state index in [2.05, 4.69) is 11.4 Å². The minimum absolute atomic E-state index is 0.0290. The molecule has 1 unspecified atom stereocenters. The molecule has 0 radical (unpaired) electrons. The van der Waals surface area contributed by atoms with Gasteiger partial charge >= 0.3 is 5.97 Å². The highest BCUT2D eigenvalue weighted by atomic mass is 16.4. The van der Waals surface area contributed by atoms with Crippen LogP contribution in [-0.4, -0.2) is 23.5 Å². The van der Waals surface area contributed by atoms with Gasteiger partial charge in [0.2, 0.25) is 5.91 Å². The van der Waals surface area contributed by atoms with Crippen molar-refractivity contribution in [3.8, 4) is 0 Å². The molecule has 0 saturated heterocycles. The molecule has 2 rings (SSSR count). The number of carboxylic acid groups (broad SMARTS) is 1. The Hall–Kier alpha value is -1.84. The Morgan fingerprint density at radius 1 is 1.33 bits per heavy atom. The number of aryl methyl sites for hydroxylation is 1. The third-order valence-corrected chi connectivity index (χ3v) is 4.45. The van der Waals surface area contributed by atoms with Gasteiger partial charge in [0.05, 0.1) is 11.3 Å². The number of benzene rings is 1. The fourth-order valence-electron chi connectivity index (χ4n) is 3.07. The molecule has 21 heavy (non-hydrogen) atoms. The third-order valence-electron chi connectivity index (χ3n) is 4.45. The first-order valence-electron chi connectivity index (χ1n) is 7.54. The maximum Gasteiger partial charge on any atom is 0.308 e. The molecule has 1 aliphatic carbocycles. The zero-order chi connectivity index (χ0) is 15.5. The fourth-order valence-corrected chi connectivity index (χ4v) is 3.07. The third kappa shape index (κ3) is 3.26. The number of nitrogens with one attached hydrogen (secondary N) is 1. The van der Waals surface area contributed by atoms with Gasteiger partial charge in [-0.2, -0.15) is 0 Å². The summed E-state index contributed by atoms with van der Waals surface area (Å²) in [6.07, 6.45) is 3.75. The zero-order valence-corrected chi connectivity index (χ0v) is 12.7. The van der Waals surface area contributed by atoms with E-state index in [-0.39, 0.29) is 12.5 Å². The predicted molar refractivity (Wildman–Crippen MR) is 81.1 cm³/mol. The minimum Gasteiger partial charge on any atom is -0.481 e. The molecular weight excluding hydrogens is 266 g/mol. The topological polar surface area (TPSA) is 66.4 Å². The number of rotatable bonds is 5. The number of aliphatic carboxylic acids is 1. The van der Waals surface area contributed by atoms with Gasteiger partial charge in [0.25, 0.3) is 0 Å². The molecule has 0 spiro atoms. The molecule has 0 aromatic heterocycles. The maximum atomic E-state index is 12.7. The Bertz CT molecular complexity index is 533. The summed E-state index contributed by atoms with van der Waals surface area (Å²) in [5, 5.41) is 11.8. The quantitative estimate of drug-likeness (QED) is 0.875. The lowest BCUT2D eigenvalue weighted by Crippen LogP contribution is -2.44. The summed E-state index contributed by atoms with van der Waals surface area (Å²) < 4.78 is 0. The molecule has 114 valence electrons. The Morgan fingerprint density at radius 2 is 2.00 bits per heavy atom. The molecule has 0 bridgehead atoms. The first-order valence-corrected chi connectivity index (χ1v) is 7.54. The van der Waals surface area contributed by atoms with E-state index in [0.717, 1.165) is 36.8 Å². The van der Waals surface area contributed by atoms with Gasteiger partial charge in [-0.05, 0) is 25.3 Å². The van der Waals surface area contributed by atoms with E-state index in [1.165, 1.54) is 0 Å². The Kier molecular flexibility index (Phi) is 4.66. The molecular formula is C17H23NO3. The van der Waals surface area contributed by atoms with Crippen molar-refractivity contribution in [2.24, 2.45) is 5.92 Å². The minimum atomic E-state index is -0.883. The lowest BCUT2D eigenvalue weighted by atomic mass is 9.77. The van der Waals surface area contributed by atoms with Crippen LogP contribution in [0.4, 0.5) is 0 Å². The highest BCUT2D eigenvalue weighted by Gasteiger charge is 2.42. The Morgan fingerprint density at radius 3 is 2.57 bits per heavy atom. The van der Waals surface area contributed by atoms with E-state index >= 15 is 0 Å². The Labute approximate surface area is 125 Å². The summed E-state index contributed by atoms with van der Waals surface area (Å²) in [4.78, 5) is 23.6. The molecule has 1 aliphatic rings. The number of carboxylic acids is 1. The highest BCUT2D eigenvalue weighted by molar-refractivity contribution is 5.89. The molecule has 1 amide bonds. The normalized spacial score (nSPS) is 18.2. The van der Waals surface area contributed by atoms with Crippen LogP contribution in [0.5, 0.6) is 0 Å². The van der Waals surface area contributed by atoms with Crippen LogP contribution in [0.1, 0.15) is 43.7 Å². The monoisotopic (exact) mass is 289 g/mol. The van der Waals surface area contributed by atoms with Gasteiger partial charge in [0.1, 0.15) is 0 Å². The first kappa shape index (κ1) is 15.5. The highest BCUT2D eigenvalue weighted by Crippen LogP contribution is 2.41. The van der Waals surface area contributed by atoms with Crippen LogP contribution in [0, 0.1) is 12.8 Å². The van der Waals surface area contributed by atoms with Crippen LogP contribution in [0.15, 0.2) is 24.3 Å². The van der Waals surface area contributed by atoms with Crippen LogP contribution < -0.4 is 5.32 Å². The van der Waals surface area contributed by atoms with E-state index < -0.39 is 17.3 Å². The van der Waals surface area contributed by atoms with Crippen LogP contribution >= 0.6 is 0 Å². The molecule has 1 saturated carbocycles. The first-order chi connectivity index (χ1) is 9.95. The maximum absolute atomic E-state index is 12.7. The van der Waals surface area contributed by atoms with Gasteiger partial charge in [-0.1, -0.05) is 49.6 Å².